The molecule has 0 saturated heterocycles. The third-order valence-electron chi connectivity index (χ3n) is 2.98. The lowest BCUT2D eigenvalue weighted by molar-refractivity contribution is 0.691. The maximum Gasteiger partial charge on any atom is 0.108 e. The predicted octanol–water partition coefficient (Wildman–Crippen LogP) is 4.89. The van der Waals surface area contributed by atoms with Crippen LogP contribution < -0.4 is 5.32 Å². The third kappa shape index (κ3) is 2.96. The van der Waals surface area contributed by atoms with E-state index in [0.717, 1.165) is 16.1 Å². The fraction of sp³-hybridized carbons (Fsp3) is 0.133. The van der Waals surface area contributed by atoms with Crippen LogP contribution in [0, 0.1) is 0 Å². The second-order valence-electron chi connectivity index (χ2n) is 4.38. The summed E-state index contributed by atoms with van der Waals surface area (Å²) in [5, 5.41) is 5.78. The molecule has 0 aliphatic rings. The molecule has 0 aliphatic heterocycles. The van der Waals surface area contributed by atoms with Crippen molar-refractivity contribution >= 4 is 44.8 Å². The summed E-state index contributed by atoms with van der Waals surface area (Å²) in [4.78, 5) is 4.58. The van der Waals surface area contributed by atoms with Gasteiger partial charge in [0.25, 0.3) is 0 Å². The van der Waals surface area contributed by atoms with Gasteiger partial charge < -0.3 is 5.32 Å². The fourth-order valence-corrected chi connectivity index (χ4v) is 3.46. The van der Waals surface area contributed by atoms with Gasteiger partial charge in [0.2, 0.25) is 0 Å². The van der Waals surface area contributed by atoms with Crippen molar-refractivity contribution in [3.8, 4) is 0 Å². The van der Waals surface area contributed by atoms with Crippen LogP contribution in [0.15, 0.2) is 42.5 Å². The Labute approximate surface area is 131 Å². The van der Waals surface area contributed by atoms with Crippen LogP contribution in [-0.4, -0.2) is 4.98 Å². The van der Waals surface area contributed by atoms with E-state index >= 15 is 0 Å². The molecule has 0 saturated carbocycles. The van der Waals surface area contributed by atoms with Gasteiger partial charge in [-0.2, -0.15) is 0 Å². The number of aromatic nitrogens is 1. The lowest BCUT2D eigenvalue weighted by atomic mass is 10.2. The maximum atomic E-state index is 6.14. The highest BCUT2D eigenvalue weighted by molar-refractivity contribution is 7.18. The Morgan fingerprint density at radius 1 is 0.950 bits per heavy atom. The van der Waals surface area contributed by atoms with E-state index in [2.05, 4.69) is 16.4 Å². The van der Waals surface area contributed by atoms with Crippen molar-refractivity contribution < 1.29 is 0 Å². The molecule has 0 fully saturated rings. The van der Waals surface area contributed by atoms with Gasteiger partial charge in [0, 0.05) is 28.7 Å². The van der Waals surface area contributed by atoms with Gasteiger partial charge in [-0.05, 0) is 24.3 Å². The van der Waals surface area contributed by atoms with Gasteiger partial charge in [0.05, 0.1) is 10.2 Å². The predicted molar refractivity (Wildman–Crippen MR) is 86.6 cm³/mol. The van der Waals surface area contributed by atoms with Crippen LogP contribution in [0.25, 0.3) is 10.2 Å². The minimum atomic E-state index is 0.633. The molecule has 0 radical (unpaired) electrons. The summed E-state index contributed by atoms with van der Waals surface area (Å²) < 4.78 is 1.21. The number of nitrogens with zero attached hydrogens (tertiary/aromatic N) is 1. The Morgan fingerprint density at radius 2 is 1.70 bits per heavy atom. The quantitative estimate of drug-likeness (QED) is 0.739. The van der Waals surface area contributed by atoms with Gasteiger partial charge in [0.1, 0.15) is 5.01 Å². The van der Waals surface area contributed by atoms with Crippen molar-refractivity contribution in [3.63, 3.8) is 0 Å². The Kier molecular flexibility index (Phi) is 4.22. The minimum Gasteiger partial charge on any atom is -0.306 e. The van der Waals surface area contributed by atoms with Gasteiger partial charge >= 0.3 is 0 Å². The van der Waals surface area contributed by atoms with E-state index in [1.54, 1.807) is 11.3 Å². The fourth-order valence-electron chi connectivity index (χ4n) is 1.99. The molecular weight excluding hydrogens is 311 g/mol. The number of nitrogens with one attached hydrogen (secondary N) is 1. The van der Waals surface area contributed by atoms with Crippen LogP contribution in [0.4, 0.5) is 0 Å². The highest BCUT2D eigenvalue weighted by Gasteiger charge is 2.06. The van der Waals surface area contributed by atoms with Gasteiger partial charge in [-0.1, -0.05) is 41.4 Å². The van der Waals surface area contributed by atoms with E-state index in [-0.39, 0.29) is 0 Å². The molecule has 5 heteroatoms. The number of halogens is 2. The molecule has 0 bridgehead atoms. The summed E-state index contributed by atoms with van der Waals surface area (Å²) in [6, 6.07) is 13.7. The lowest BCUT2D eigenvalue weighted by Gasteiger charge is -2.07. The van der Waals surface area contributed by atoms with E-state index in [1.165, 1.54) is 4.70 Å². The van der Waals surface area contributed by atoms with Gasteiger partial charge in [-0.3, -0.25) is 0 Å². The molecule has 1 N–H and O–H groups in total. The topological polar surface area (TPSA) is 24.9 Å². The Morgan fingerprint density at radius 3 is 2.45 bits per heavy atom. The van der Waals surface area contributed by atoms with E-state index in [9.17, 15) is 0 Å². The van der Waals surface area contributed by atoms with Crippen molar-refractivity contribution in [2.24, 2.45) is 0 Å². The molecule has 1 heterocycles. The van der Waals surface area contributed by atoms with Crippen molar-refractivity contribution in [2.45, 2.75) is 13.1 Å². The molecule has 2 nitrogen and oxygen atoms in total. The molecule has 0 atom stereocenters. The molecule has 0 spiro atoms. The maximum absolute atomic E-state index is 6.14. The van der Waals surface area contributed by atoms with Crippen LogP contribution in [0.3, 0.4) is 0 Å². The second-order valence-corrected chi connectivity index (χ2v) is 6.31. The molecule has 3 aromatic rings. The molecule has 1 aromatic heterocycles. The third-order valence-corrected chi connectivity index (χ3v) is 4.72. The number of hydrogen-bond acceptors (Lipinski definition) is 3. The highest BCUT2D eigenvalue weighted by Crippen LogP contribution is 2.25. The number of hydrogen-bond donors (Lipinski definition) is 1. The summed E-state index contributed by atoms with van der Waals surface area (Å²) in [5.41, 5.74) is 1.97. The summed E-state index contributed by atoms with van der Waals surface area (Å²) in [5.74, 6) is 0. The first-order valence-electron chi connectivity index (χ1n) is 6.22. The average molecular weight is 323 g/mol. The van der Waals surface area contributed by atoms with Gasteiger partial charge in [-0.15, -0.1) is 11.3 Å². The molecule has 0 amide bonds. The number of para-hydroxylation sites is 1. The summed E-state index contributed by atoms with van der Waals surface area (Å²) in [7, 11) is 0. The number of benzene rings is 2. The monoisotopic (exact) mass is 322 g/mol. The Balaban J connectivity index is 1.68. The molecule has 20 heavy (non-hydrogen) atoms. The summed E-state index contributed by atoms with van der Waals surface area (Å²) in [6.07, 6.45) is 0. The van der Waals surface area contributed by atoms with E-state index in [0.29, 0.717) is 23.1 Å². The van der Waals surface area contributed by atoms with Gasteiger partial charge in [-0.25, -0.2) is 4.98 Å². The van der Waals surface area contributed by atoms with E-state index < -0.39 is 0 Å². The SMILES string of the molecule is Clc1cccc(Cl)c1CNCc1nc2ccccc2s1. The lowest BCUT2D eigenvalue weighted by Crippen LogP contribution is -2.13. The molecule has 102 valence electrons. The first kappa shape index (κ1) is 13.8. The van der Waals surface area contributed by atoms with E-state index in [1.807, 2.05) is 36.4 Å². The zero-order valence-corrected chi connectivity index (χ0v) is 12.9. The largest absolute Gasteiger partial charge is 0.306 e. The first-order valence-corrected chi connectivity index (χ1v) is 7.79. The van der Waals surface area contributed by atoms with E-state index in [4.69, 9.17) is 23.2 Å². The van der Waals surface area contributed by atoms with Crippen molar-refractivity contribution in [1.29, 1.82) is 0 Å². The Bertz CT molecular complexity index is 686. The average Bonchev–Trinajstić information content (AvgIpc) is 2.84. The molecule has 3 rings (SSSR count). The number of thiazole rings is 1. The zero-order valence-electron chi connectivity index (χ0n) is 10.6. The molecule has 0 unspecified atom stereocenters. The molecule has 2 aromatic carbocycles. The summed E-state index contributed by atoms with van der Waals surface area (Å²) in [6.45, 7) is 1.34. The van der Waals surface area contributed by atoms with Gasteiger partial charge in [0.15, 0.2) is 0 Å². The zero-order chi connectivity index (χ0) is 13.9. The van der Waals surface area contributed by atoms with Crippen LogP contribution in [-0.2, 0) is 13.1 Å². The summed E-state index contributed by atoms with van der Waals surface area (Å²) >= 11 is 14.0. The van der Waals surface area contributed by atoms with Crippen LogP contribution in [0.2, 0.25) is 10.0 Å². The number of rotatable bonds is 4. The van der Waals surface area contributed by atoms with Crippen molar-refractivity contribution in [2.75, 3.05) is 0 Å². The van der Waals surface area contributed by atoms with Crippen molar-refractivity contribution in [3.05, 3.63) is 63.1 Å². The normalized spacial score (nSPS) is 11.1. The van der Waals surface area contributed by atoms with Crippen LogP contribution in [0.1, 0.15) is 10.6 Å². The Hall–Kier alpha value is -1.13. The van der Waals surface area contributed by atoms with Crippen LogP contribution in [0.5, 0.6) is 0 Å². The highest BCUT2D eigenvalue weighted by atomic mass is 35.5. The molecule has 0 aliphatic carbocycles. The van der Waals surface area contributed by atoms with Crippen LogP contribution >= 0.6 is 34.5 Å². The molecular formula is C15H12Cl2N2S. The van der Waals surface area contributed by atoms with Crippen molar-refractivity contribution in [1.82, 2.24) is 10.3 Å². The standard InChI is InChI=1S/C15H12Cl2N2S/c16-11-4-3-5-12(17)10(11)8-18-9-15-19-13-6-1-2-7-14(13)20-15/h1-7,18H,8-9H2. The smallest absolute Gasteiger partial charge is 0.108 e. The second kappa shape index (κ2) is 6.10. The minimum absolute atomic E-state index is 0.633. The number of fused-ring (bicyclic) bond motifs is 1. The first-order chi connectivity index (χ1) is 9.74.